The predicted molar refractivity (Wildman–Crippen MR) is 132 cm³/mol. The molecule has 4 heterocycles. The highest BCUT2D eigenvalue weighted by molar-refractivity contribution is 6.01. The summed E-state index contributed by atoms with van der Waals surface area (Å²) in [6.45, 7) is 1.69. The van der Waals surface area contributed by atoms with Crippen LogP contribution in [0.15, 0.2) is 24.0 Å². The van der Waals surface area contributed by atoms with Crippen molar-refractivity contribution in [1.82, 2.24) is 9.80 Å². The van der Waals surface area contributed by atoms with Gasteiger partial charge in [0.25, 0.3) is 11.8 Å². The monoisotopic (exact) mass is 518 g/mol. The number of aromatic hydroxyl groups is 2. The molecule has 4 aliphatic rings. The van der Waals surface area contributed by atoms with Crippen LogP contribution in [0.1, 0.15) is 62.7 Å². The van der Waals surface area contributed by atoms with Gasteiger partial charge >= 0.3 is 0 Å². The van der Waals surface area contributed by atoms with E-state index in [9.17, 15) is 30.0 Å². The van der Waals surface area contributed by atoms with Crippen molar-refractivity contribution in [2.75, 3.05) is 13.1 Å². The van der Waals surface area contributed by atoms with Gasteiger partial charge in [-0.05, 0) is 31.6 Å². The molecule has 0 spiro atoms. The van der Waals surface area contributed by atoms with Crippen molar-refractivity contribution in [3.8, 4) is 35.0 Å². The van der Waals surface area contributed by atoms with E-state index in [0.717, 1.165) is 0 Å². The summed E-state index contributed by atoms with van der Waals surface area (Å²) in [6.07, 6.45) is 5.69. The van der Waals surface area contributed by atoms with Crippen LogP contribution in [0.5, 0.6) is 23.0 Å². The first kappa shape index (κ1) is 24.2. The smallest absolute Gasteiger partial charge is 0.254 e. The van der Waals surface area contributed by atoms with Gasteiger partial charge in [-0.1, -0.05) is 5.92 Å². The number of carbonyl (C=O) groups is 2. The summed E-state index contributed by atoms with van der Waals surface area (Å²) in [5.41, 5.74) is 2.95. The Kier molecular flexibility index (Phi) is 5.52. The molecule has 4 N–H and O–H groups in total. The molecule has 0 fully saturated rings. The van der Waals surface area contributed by atoms with Crippen LogP contribution in [0, 0.1) is 12.0 Å². The van der Waals surface area contributed by atoms with Gasteiger partial charge in [0, 0.05) is 48.1 Å². The summed E-state index contributed by atoms with van der Waals surface area (Å²) in [5.74, 6) is 1.17. The molecule has 38 heavy (non-hydrogen) atoms. The average molecular weight is 519 g/mol. The van der Waals surface area contributed by atoms with Gasteiger partial charge in [0.15, 0.2) is 11.5 Å². The second-order valence-corrected chi connectivity index (χ2v) is 10.1. The number of phenolic OH excluding ortho intramolecular Hbond substituents is 2. The lowest BCUT2D eigenvalue weighted by Gasteiger charge is -2.29. The minimum absolute atomic E-state index is 0.00867. The van der Waals surface area contributed by atoms with Crippen LogP contribution in [-0.2, 0) is 25.9 Å². The van der Waals surface area contributed by atoms with Crippen LogP contribution in [0.2, 0.25) is 0 Å². The Labute approximate surface area is 218 Å². The summed E-state index contributed by atoms with van der Waals surface area (Å²) in [4.78, 5) is 28.8. The molecule has 0 aliphatic carbocycles. The maximum absolute atomic E-state index is 13.0. The zero-order chi connectivity index (χ0) is 26.8. The Bertz CT molecular complexity index is 1500. The standard InChI is InChI=1S/C28H26N2O8/c1-15-5-6-17-23(32)11-19-21(25(17)38-15)12-29(26(19)33)8-7-28(35,36)14-30-13-20-18(27(30)34)10-22(31)16-4-2-3-9-37-24(16)20/h5,10-11,31-32,35-36H,2,4,6-8,12-14H2,1H3. The van der Waals surface area contributed by atoms with E-state index < -0.39 is 18.2 Å². The number of fused-ring (bicyclic) bond motifs is 6. The van der Waals surface area contributed by atoms with Gasteiger partial charge in [-0.25, -0.2) is 0 Å². The quantitative estimate of drug-likeness (QED) is 0.348. The highest BCUT2D eigenvalue weighted by Gasteiger charge is 2.40. The van der Waals surface area contributed by atoms with Crippen molar-refractivity contribution in [2.24, 2.45) is 0 Å². The third kappa shape index (κ3) is 3.91. The second kappa shape index (κ2) is 8.68. The number of rotatable bonds is 5. The molecule has 4 aliphatic heterocycles. The van der Waals surface area contributed by atoms with E-state index in [2.05, 4.69) is 12.0 Å². The molecule has 0 atom stereocenters. The third-order valence-corrected chi connectivity index (χ3v) is 7.47. The van der Waals surface area contributed by atoms with E-state index in [1.807, 2.05) is 6.08 Å². The summed E-state index contributed by atoms with van der Waals surface area (Å²) < 4.78 is 11.3. The normalized spacial score (nSPS) is 17.4. The number of hydrogen-bond acceptors (Lipinski definition) is 8. The molecular formula is C28H26N2O8. The lowest BCUT2D eigenvalue weighted by molar-refractivity contribution is -0.175. The maximum atomic E-state index is 13.0. The van der Waals surface area contributed by atoms with Crippen LogP contribution in [0.25, 0.3) is 0 Å². The van der Waals surface area contributed by atoms with Crippen LogP contribution >= 0.6 is 0 Å². The molecule has 2 aromatic rings. The number of carbonyl (C=O) groups excluding carboxylic acids is 2. The third-order valence-electron chi connectivity index (χ3n) is 7.47. The number of aliphatic hydroxyl groups is 2. The lowest BCUT2D eigenvalue weighted by Crippen LogP contribution is -2.45. The number of allylic oxidation sites excluding steroid dienone is 2. The molecule has 0 saturated heterocycles. The highest BCUT2D eigenvalue weighted by atomic mass is 16.5. The SMILES string of the molecule is CC1=CCc2c(O)cc3c(c2O1)CN(CCC(O)(O)CN1Cc2c(cc(O)c4c2OC#CCC4)C1=O)C3=O. The molecule has 0 radical (unpaired) electrons. The largest absolute Gasteiger partial charge is 0.508 e. The van der Waals surface area contributed by atoms with Gasteiger partial charge in [0.2, 0.25) is 0 Å². The summed E-state index contributed by atoms with van der Waals surface area (Å²) >= 11 is 0. The summed E-state index contributed by atoms with van der Waals surface area (Å²) in [6, 6.07) is 2.82. The van der Waals surface area contributed by atoms with E-state index in [0.29, 0.717) is 64.3 Å². The van der Waals surface area contributed by atoms with Crippen LogP contribution in [0.3, 0.4) is 0 Å². The van der Waals surface area contributed by atoms with Gasteiger partial charge < -0.3 is 39.7 Å². The molecule has 0 bridgehead atoms. The van der Waals surface area contributed by atoms with Gasteiger partial charge in [-0.2, -0.15) is 0 Å². The average Bonchev–Trinajstić information content (AvgIpc) is 3.21. The van der Waals surface area contributed by atoms with E-state index in [1.165, 1.54) is 21.9 Å². The van der Waals surface area contributed by atoms with Crippen LogP contribution in [-0.4, -0.2) is 60.9 Å². The Morgan fingerprint density at radius 2 is 1.61 bits per heavy atom. The fraction of sp³-hybridized carbons (Fsp3) is 0.357. The molecule has 10 nitrogen and oxygen atoms in total. The first-order valence-electron chi connectivity index (χ1n) is 12.4. The Morgan fingerprint density at radius 1 is 0.947 bits per heavy atom. The topological polar surface area (TPSA) is 140 Å². The van der Waals surface area contributed by atoms with Crippen molar-refractivity contribution in [2.45, 2.75) is 51.5 Å². The zero-order valence-electron chi connectivity index (χ0n) is 20.7. The number of nitrogens with zero attached hydrogens (tertiary/aromatic N) is 2. The molecule has 6 rings (SSSR count). The molecule has 0 saturated carbocycles. The first-order chi connectivity index (χ1) is 18.1. The number of benzene rings is 2. The van der Waals surface area contributed by atoms with Crippen molar-refractivity contribution >= 4 is 11.8 Å². The molecule has 0 unspecified atom stereocenters. The zero-order valence-corrected chi connectivity index (χ0v) is 20.7. The number of hydrogen-bond donors (Lipinski definition) is 4. The summed E-state index contributed by atoms with van der Waals surface area (Å²) in [7, 11) is 0. The number of amides is 2. The predicted octanol–water partition coefficient (Wildman–Crippen LogP) is 1.91. The molecule has 2 aromatic carbocycles. The first-order valence-corrected chi connectivity index (χ1v) is 12.4. The fourth-order valence-electron chi connectivity index (χ4n) is 5.49. The van der Waals surface area contributed by atoms with Gasteiger partial charge in [0.1, 0.15) is 23.4 Å². The molecule has 0 aromatic heterocycles. The van der Waals surface area contributed by atoms with Gasteiger partial charge in [0.05, 0.1) is 36.5 Å². The minimum atomic E-state index is -2.29. The lowest BCUT2D eigenvalue weighted by atomic mass is 9.99. The van der Waals surface area contributed by atoms with E-state index in [1.54, 1.807) is 6.92 Å². The number of phenols is 2. The van der Waals surface area contributed by atoms with Crippen LogP contribution in [0.4, 0.5) is 0 Å². The molecular weight excluding hydrogens is 492 g/mol. The highest BCUT2D eigenvalue weighted by Crippen LogP contribution is 2.43. The Balaban J connectivity index is 1.15. The number of β-amino-alcohol motifs (C(OH)–C–C–N with tert-alkyl or cyclic N) is 2. The number of ether oxygens (including phenoxy) is 2. The molecule has 10 heteroatoms. The minimum Gasteiger partial charge on any atom is -0.508 e. The van der Waals surface area contributed by atoms with Crippen LogP contribution < -0.4 is 9.47 Å². The maximum Gasteiger partial charge on any atom is 0.254 e. The van der Waals surface area contributed by atoms with Crippen molar-refractivity contribution in [3.63, 3.8) is 0 Å². The fourth-order valence-corrected chi connectivity index (χ4v) is 5.49. The van der Waals surface area contributed by atoms with Gasteiger partial charge in [-0.3, -0.25) is 9.59 Å². The van der Waals surface area contributed by atoms with Crippen molar-refractivity contribution in [3.05, 3.63) is 57.3 Å². The van der Waals surface area contributed by atoms with E-state index in [4.69, 9.17) is 9.47 Å². The molecule has 196 valence electrons. The van der Waals surface area contributed by atoms with Crippen molar-refractivity contribution in [1.29, 1.82) is 0 Å². The van der Waals surface area contributed by atoms with E-state index in [-0.39, 0.29) is 49.0 Å². The summed E-state index contributed by atoms with van der Waals surface area (Å²) in [5, 5.41) is 42.4. The second-order valence-electron chi connectivity index (χ2n) is 10.1. The Hall–Kier alpha value is -4.20. The van der Waals surface area contributed by atoms with Crippen molar-refractivity contribution < 1.29 is 39.5 Å². The van der Waals surface area contributed by atoms with E-state index >= 15 is 0 Å². The molecule has 2 amide bonds. The van der Waals surface area contributed by atoms with Gasteiger partial charge in [-0.15, -0.1) is 0 Å². The Morgan fingerprint density at radius 3 is 2.37 bits per heavy atom.